The summed E-state index contributed by atoms with van der Waals surface area (Å²) in [4.78, 5) is 36.1. The average Bonchev–Trinajstić information content (AvgIpc) is 2.67. The predicted octanol–water partition coefficient (Wildman–Crippen LogP) is 2.81. The monoisotopic (exact) mass is 376 g/mol. The lowest BCUT2D eigenvalue weighted by Gasteiger charge is -2.10. The molecule has 3 aromatic rings. The predicted molar refractivity (Wildman–Crippen MR) is 106 cm³/mol. The molecule has 0 bridgehead atoms. The SMILES string of the molecule is CC(=O)Nc1ccc(Nc2nc(C)cc(C(=O)NCc3cccnc3)n2)cc1. The second-order valence-electron chi connectivity index (χ2n) is 6.15. The van der Waals surface area contributed by atoms with Crippen molar-refractivity contribution in [2.45, 2.75) is 20.4 Å². The van der Waals surface area contributed by atoms with Crippen molar-refractivity contribution < 1.29 is 9.59 Å². The van der Waals surface area contributed by atoms with E-state index in [9.17, 15) is 9.59 Å². The zero-order valence-electron chi connectivity index (χ0n) is 15.6. The maximum atomic E-state index is 12.4. The normalized spacial score (nSPS) is 10.2. The quantitative estimate of drug-likeness (QED) is 0.610. The van der Waals surface area contributed by atoms with Crippen molar-refractivity contribution in [2.24, 2.45) is 0 Å². The summed E-state index contributed by atoms with van der Waals surface area (Å²) in [5.41, 5.74) is 3.27. The van der Waals surface area contributed by atoms with Crippen molar-refractivity contribution in [3.05, 3.63) is 71.8 Å². The molecule has 0 saturated carbocycles. The molecule has 0 spiro atoms. The van der Waals surface area contributed by atoms with Crippen LogP contribution in [-0.2, 0) is 11.3 Å². The number of hydrogen-bond acceptors (Lipinski definition) is 6. The second-order valence-corrected chi connectivity index (χ2v) is 6.15. The summed E-state index contributed by atoms with van der Waals surface area (Å²) in [6, 6.07) is 12.4. The molecule has 2 heterocycles. The second kappa shape index (κ2) is 8.72. The molecule has 0 unspecified atom stereocenters. The number of hydrogen-bond donors (Lipinski definition) is 3. The Morgan fingerprint density at radius 2 is 1.79 bits per heavy atom. The van der Waals surface area contributed by atoms with E-state index < -0.39 is 0 Å². The highest BCUT2D eigenvalue weighted by molar-refractivity contribution is 5.92. The molecule has 8 nitrogen and oxygen atoms in total. The highest BCUT2D eigenvalue weighted by Crippen LogP contribution is 2.17. The maximum Gasteiger partial charge on any atom is 0.270 e. The molecular weight excluding hydrogens is 356 g/mol. The molecule has 0 aliphatic carbocycles. The van der Waals surface area contributed by atoms with Gasteiger partial charge in [0, 0.05) is 42.9 Å². The van der Waals surface area contributed by atoms with Crippen LogP contribution in [0.15, 0.2) is 54.9 Å². The number of anilines is 3. The summed E-state index contributed by atoms with van der Waals surface area (Å²) in [6.07, 6.45) is 3.38. The first kappa shape index (κ1) is 19.0. The lowest BCUT2D eigenvalue weighted by molar-refractivity contribution is -0.114. The number of carbonyl (C=O) groups is 2. The van der Waals surface area contributed by atoms with Crippen LogP contribution >= 0.6 is 0 Å². The lowest BCUT2D eigenvalue weighted by atomic mass is 10.2. The Labute approximate surface area is 162 Å². The number of nitrogens with one attached hydrogen (secondary N) is 3. The molecule has 2 aromatic heterocycles. The third-order valence-corrected chi connectivity index (χ3v) is 3.72. The number of amides is 2. The Hall–Kier alpha value is -3.81. The zero-order valence-corrected chi connectivity index (χ0v) is 15.6. The molecular formula is C20H20N6O2. The molecule has 28 heavy (non-hydrogen) atoms. The summed E-state index contributed by atoms with van der Waals surface area (Å²) < 4.78 is 0. The molecule has 0 radical (unpaired) electrons. The van der Waals surface area contributed by atoms with Crippen molar-refractivity contribution in [3.63, 3.8) is 0 Å². The Balaban J connectivity index is 1.68. The first-order chi connectivity index (χ1) is 13.5. The average molecular weight is 376 g/mol. The van der Waals surface area contributed by atoms with Crippen molar-refractivity contribution in [1.82, 2.24) is 20.3 Å². The Bertz CT molecular complexity index is 974. The summed E-state index contributed by atoms with van der Waals surface area (Å²) in [6.45, 7) is 3.61. The van der Waals surface area contributed by atoms with Crippen LogP contribution in [-0.4, -0.2) is 26.8 Å². The topological polar surface area (TPSA) is 109 Å². The molecule has 0 aliphatic heterocycles. The van der Waals surface area contributed by atoms with E-state index in [4.69, 9.17) is 0 Å². The first-order valence-corrected chi connectivity index (χ1v) is 8.67. The Kier molecular flexibility index (Phi) is 5.91. The van der Waals surface area contributed by atoms with E-state index in [1.54, 1.807) is 49.6 Å². The van der Waals surface area contributed by atoms with Crippen LogP contribution in [0.1, 0.15) is 28.7 Å². The molecule has 1 aromatic carbocycles. The number of carbonyl (C=O) groups excluding carboxylic acids is 2. The van der Waals surface area contributed by atoms with Gasteiger partial charge in [0.25, 0.3) is 5.91 Å². The number of benzene rings is 1. The third-order valence-electron chi connectivity index (χ3n) is 3.72. The van der Waals surface area contributed by atoms with Crippen LogP contribution < -0.4 is 16.0 Å². The van der Waals surface area contributed by atoms with Crippen molar-refractivity contribution >= 4 is 29.1 Å². The van der Waals surface area contributed by atoms with Gasteiger partial charge in [0.05, 0.1) is 0 Å². The van der Waals surface area contributed by atoms with Crippen molar-refractivity contribution in [3.8, 4) is 0 Å². The number of aromatic nitrogens is 3. The van der Waals surface area contributed by atoms with E-state index in [0.29, 0.717) is 23.9 Å². The minimum atomic E-state index is -0.293. The summed E-state index contributed by atoms with van der Waals surface area (Å²) in [7, 11) is 0. The molecule has 3 rings (SSSR count). The fraction of sp³-hybridized carbons (Fsp3) is 0.150. The number of pyridine rings is 1. The molecule has 3 N–H and O–H groups in total. The van der Waals surface area contributed by atoms with Crippen molar-refractivity contribution in [2.75, 3.05) is 10.6 Å². The van der Waals surface area contributed by atoms with E-state index in [-0.39, 0.29) is 17.5 Å². The molecule has 142 valence electrons. The van der Waals surface area contributed by atoms with Gasteiger partial charge in [-0.1, -0.05) is 6.07 Å². The van der Waals surface area contributed by atoms with E-state index >= 15 is 0 Å². The van der Waals surface area contributed by atoms with Gasteiger partial charge in [0.2, 0.25) is 11.9 Å². The van der Waals surface area contributed by atoms with E-state index in [2.05, 4.69) is 30.9 Å². The van der Waals surface area contributed by atoms with Gasteiger partial charge < -0.3 is 16.0 Å². The van der Waals surface area contributed by atoms with Gasteiger partial charge in [0.15, 0.2) is 0 Å². The summed E-state index contributed by atoms with van der Waals surface area (Å²) >= 11 is 0. The largest absolute Gasteiger partial charge is 0.347 e. The summed E-state index contributed by atoms with van der Waals surface area (Å²) in [5, 5.41) is 8.59. The zero-order chi connectivity index (χ0) is 19.9. The van der Waals surface area contributed by atoms with E-state index in [1.165, 1.54) is 6.92 Å². The van der Waals surface area contributed by atoms with Crippen LogP contribution in [0.2, 0.25) is 0 Å². The Morgan fingerprint density at radius 1 is 1.04 bits per heavy atom. The van der Waals surface area contributed by atoms with Crippen LogP contribution in [0.25, 0.3) is 0 Å². The van der Waals surface area contributed by atoms with Gasteiger partial charge in [-0.2, -0.15) is 0 Å². The van der Waals surface area contributed by atoms with Gasteiger partial charge in [-0.05, 0) is 48.9 Å². The van der Waals surface area contributed by atoms with Gasteiger partial charge >= 0.3 is 0 Å². The fourth-order valence-electron chi connectivity index (χ4n) is 2.49. The molecule has 0 fully saturated rings. The molecule has 8 heteroatoms. The molecule has 0 atom stereocenters. The van der Waals surface area contributed by atoms with Crippen molar-refractivity contribution in [1.29, 1.82) is 0 Å². The van der Waals surface area contributed by atoms with Crippen LogP contribution in [0.5, 0.6) is 0 Å². The standard InChI is InChI=1S/C20H20N6O2/c1-13-10-18(19(28)22-12-15-4-3-9-21-11-15)26-20(23-13)25-17-7-5-16(6-8-17)24-14(2)27/h3-11H,12H2,1-2H3,(H,22,28)(H,24,27)(H,23,25,26). The minimum absolute atomic E-state index is 0.135. The Morgan fingerprint density at radius 3 is 2.46 bits per heavy atom. The van der Waals surface area contributed by atoms with Crippen LogP contribution in [0.3, 0.4) is 0 Å². The summed E-state index contributed by atoms with van der Waals surface area (Å²) in [5.74, 6) is -0.109. The van der Waals surface area contributed by atoms with E-state index in [1.807, 2.05) is 12.1 Å². The minimum Gasteiger partial charge on any atom is -0.347 e. The number of aryl methyl sites for hydroxylation is 1. The first-order valence-electron chi connectivity index (χ1n) is 8.67. The third kappa shape index (κ3) is 5.34. The highest BCUT2D eigenvalue weighted by atomic mass is 16.2. The highest BCUT2D eigenvalue weighted by Gasteiger charge is 2.11. The smallest absolute Gasteiger partial charge is 0.270 e. The van der Waals surface area contributed by atoms with Gasteiger partial charge in [-0.25, -0.2) is 9.97 Å². The van der Waals surface area contributed by atoms with Gasteiger partial charge in [-0.3, -0.25) is 14.6 Å². The van der Waals surface area contributed by atoms with Crippen LogP contribution in [0.4, 0.5) is 17.3 Å². The van der Waals surface area contributed by atoms with Gasteiger partial charge in [-0.15, -0.1) is 0 Å². The molecule has 0 aliphatic rings. The number of rotatable bonds is 6. The molecule has 2 amide bonds. The fourth-order valence-corrected chi connectivity index (χ4v) is 2.49. The lowest BCUT2D eigenvalue weighted by Crippen LogP contribution is -2.24. The van der Waals surface area contributed by atoms with E-state index in [0.717, 1.165) is 11.3 Å². The maximum absolute atomic E-state index is 12.4. The number of nitrogens with zero attached hydrogens (tertiary/aromatic N) is 3. The molecule has 0 saturated heterocycles. The van der Waals surface area contributed by atoms with Crippen LogP contribution in [0, 0.1) is 6.92 Å². The van der Waals surface area contributed by atoms with Gasteiger partial charge in [0.1, 0.15) is 5.69 Å².